The van der Waals surface area contributed by atoms with E-state index in [9.17, 15) is 4.79 Å². The monoisotopic (exact) mass is 273 g/mol. The SMILES string of the molecule is CC(NC(C)c1cccc(C#N)c1)C(=O)NC(C)(C)C. The third-order valence-electron chi connectivity index (χ3n) is 2.91. The van der Waals surface area contributed by atoms with Crippen LogP contribution in [0.1, 0.15) is 51.8 Å². The molecule has 0 spiro atoms. The number of amides is 1. The van der Waals surface area contributed by atoms with Gasteiger partial charge in [-0.05, 0) is 52.3 Å². The van der Waals surface area contributed by atoms with Gasteiger partial charge in [-0.1, -0.05) is 12.1 Å². The second-order valence-corrected chi connectivity index (χ2v) is 6.09. The first kappa shape index (κ1) is 16.2. The summed E-state index contributed by atoms with van der Waals surface area (Å²) in [6, 6.07) is 9.24. The van der Waals surface area contributed by atoms with Gasteiger partial charge in [0.15, 0.2) is 0 Å². The fourth-order valence-electron chi connectivity index (χ4n) is 1.90. The summed E-state index contributed by atoms with van der Waals surface area (Å²) in [6.07, 6.45) is 0. The van der Waals surface area contributed by atoms with E-state index in [-0.39, 0.29) is 23.5 Å². The highest BCUT2D eigenvalue weighted by Gasteiger charge is 2.20. The minimum absolute atomic E-state index is 0.00372. The summed E-state index contributed by atoms with van der Waals surface area (Å²) < 4.78 is 0. The van der Waals surface area contributed by atoms with Crippen molar-refractivity contribution >= 4 is 5.91 Å². The van der Waals surface area contributed by atoms with Crippen LogP contribution in [0.25, 0.3) is 0 Å². The summed E-state index contributed by atoms with van der Waals surface area (Å²) in [7, 11) is 0. The highest BCUT2D eigenvalue weighted by atomic mass is 16.2. The first-order chi connectivity index (χ1) is 9.23. The summed E-state index contributed by atoms with van der Waals surface area (Å²) in [6.45, 7) is 9.69. The zero-order valence-electron chi connectivity index (χ0n) is 12.8. The molecule has 0 aliphatic rings. The topological polar surface area (TPSA) is 64.9 Å². The van der Waals surface area contributed by atoms with Crippen LogP contribution in [0.5, 0.6) is 0 Å². The molecule has 0 aromatic heterocycles. The van der Waals surface area contributed by atoms with E-state index in [1.165, 1.54) is 0 Å². The minimum atomic E-state index is -0.296. The molecule has 0 saturated carbocycles. The molecular weight excluding hydrogens is 250 g/mol. The molecule has 4 nitrogen and oxygen atoms in total. The van der Waals surface area contributed by atoms with Gasteiger partial charge in [-0.2, -0.15) is 5.26 Å². The molecule has 1 amide bonds. The van der Waals surface area contributed by atoms with Crippen molar-refractivity contribution in [1.29, 1.82) is 5.26 Å². The third-order valence-corrected chi connectivity index (χ3v) is 2.91. The van der Waals surface area contributed by atoms with Gasteiger partial charge in [0.05, 0.1) is 17.7 Å². The maximum absolute atomic E-state index is 12.0. The molecule has 4 heteroatoms. The molecule has 0 bridgehead atoms. The summed E-state index contributed by atoms with van der Waals surface area (Å²) >= 11 is 0. The van der Waals surface area contributed by atoms with Crippen LogP contribution < -0.4 is 10.6 Å². The van der Waals surface area contributed by atoms with E-state index in [4.69, 9.17) is 5.26 Å². The fourth-order valence-corrected chi connectivity index (χ4v) is 1.90. The van der Waals surface area contributed by atoms with E-state index in [1.807, 2.05) is 52.8 Å². The van der Waals surface area contributed by atoms with Gasteiger partial charge in [0.1, 0.15) is 0 Å². The number of benzene rings is 1. The van der Waals surface area contributed by atoms with Crippen LogP contribution in [0.4, 0.5) is 0 Å². The standard InChI is InChI=1S/C16H23N3O/c1-11(14-8-6-7-13(9-14)10-17)18-12(2)15(20)19-16(3,4)5/h6-9,11-12,18H,1-5H3,(H,19,20). The van der Waals surface area contributed by atoms with E-state index in [0.29, 0.717) is 5.56 Å². The van der Waals surface area contributed by atoms with Crippen molar-refractivity contribution < 1.29 is 4.79 Å². The first-order valence-corrected chi connectivity index (χ1v) is 6.81. The molecule has 1 aromatic rings. The van der Waals surface area contributed by atoms with Crippen molar-refractivity contribution in [1.82, 2.24) is 10.6 Å². The summed E-state index contributed by atoms with van der Waals surface area (Å²) in [4.78, 5) is 12.0. The molecule has 20 heavy (non-hydrogen) atoms. The molecule has 2 unspecified atom stereocenters. The molecule has 0 radical (unpaired) electrons. The van der Waals surface area contributed by atoms with E-state index in [2.05, 4.69) is 16.7 Å². The summed E-state index contributed by atoms with van der Waals surface area (Å²) in [5.41, 5.74) is 1.39. The lowest BCUT2D eigenvalue weighted by molar-refractivity contribution is -0.124. The van der Waals surface area contributed by atoms with E-state index in [1.54, 1.807) is 6.07 Å². The van der Waals surface area contributed by atoms with Gasteiger partial charge in [-0.15, -0.1) is 0 Å². The Labute approximate surface area is 121 Å². The molecule has 2 N–H and O–H groups in total. The molecular formula is C16H23N3O. The summed E-state index contributed by atoms with van der Waals surface area (Å²) in [5, 5.41) is 15.1. The zero-order chi connectivity index (χ0) is 15.3. The number of nitrogens with zero attached hydrogens (tertiary/aromatic N) is 1. The number of carbonyl (C=O) groups excluding carboxylic acids is 1. The van der Waals surface area contributed by atoms with Crippen LogP contribution in [0.3, 0.4) is 0 Å². The van der Waals surface area contributed by atoms with E-state index >= 15 is 0 Å². The van der Waals surface area contributed by atoms with Gasteiger partial charge in [-0.3, -0.25) is 10.1 Å². The molecule has 0 heterocycles. The third kappa shape index (κ3) is 5.02. The van der Waals surface area contributed by atoms with E-state index < -0.39 is 0 Å². The number of nitriles is 1. The van der Waals surface area contributed by atoms with Crippen LogP contribution in [-0.2, 0) is 4.79 Å². The number of nitrogens with one attached hydrogen (secondary N) is 2. The predicted octanol–water partition coefficient (Wildman–Crippen LogP) is 2.51. The normalized spacial score (nSPS) is 14.2. The molecule has 1 rings (SSSR count). The van der Waals surface area contributed by atoms with E-state index in [0.717, 1.165) is 5.56 Å². The maximum atomic E-state index is 12.0. The highest BCUT2D eigenvalue weighted by Crippen LogP contribution is 2.14. The number of hydrogen-bond acceptors (Lipinski definition) is 3. The number of hydrogen-bond donors (Lipinski definition) is 2. The molecule has 1 aromatic carbocycles. The Balaban J connectivity index is 2.68. The molecule has 2 atom stereocenters. The van der Waals surface area contributed by atoms with Crippen molar-refractivity contribution in [3.8, 4) is 6.07 Å². The smallest absolute Gasteiger partial charge is 0.237 e. The fraction of sp³-hybridized carbons (Fsp3) is 0.500. The zero-order valence-corrected chi connectivity index (χ0v) is 12.8. The van der Waals surface area contributed by atoms with Gasteiger partial charge in [0, 0.05) is 11.6 Å². The Hall–Kier alpha value is -1.86. The maximum Gasteiger partial charge on any atom is 0.237 e. The largest absolute Gasteiger partial charge is 0.350 e. The average Bonchev–Trinajstić information content (AvgIpc) is 2.36. The lowest BCUT2D eigenvalue weighted by Gasteiger charge is -2.25. The minimum Gasteiger partial charge on any atom is -0.350 e. The Morgan fingerprint density at radius 3 is 2.50 bits per heavy atom. The highest BCUT2D eigenvalue weighted by molar-refractivity contribution is 5.82. The Morgan fingerprint density at radius 1 is 1.30 bits per heavy atom. The molecule has 0 saturated heterocycles. The van der Waals surface area contributed by atoms with Crippen molar-refractivity contribution in [3.63, 3.8) is 0 Å². The Bertz CT molecular complexity index is 511. The van der Waals surface area contributed by atoms with Gasteiger partial charge >= 0.3 is 0 Å². The van der Waals surface area contributed by atoms with Gasteiger partial charge in [0.2, 0.25) is 5.91 Å². The molecule has 0 aliphatic carbocycles. The number of rotatable bonds is 4. The number of carbonyl (C=O) groups is 1. The van der Waals surface area contributed by atoms with Crippen LogP contribution in [0.15, 0.2) is 24.3 Å². The molecule has 0 aliphatic heterocycles. The van der Waals surface area contributed by atoms with Crippen LogP contribution in [0.2, 0.25) is 0 Å². The predicted molar refractivity (Wildman–Crippen MR) is 80.1 cm³/mol. The van der Waals surface area contributed by atoms with Crippen LogP contribution >= 0.6 is 0 Å². The van der Waals surface area contributed by atoms with Gasteiger partial charge in [0.25, 0.3) is 0 Å². The van der Waals surface area contributed by atoms with Crippen LogP contribution in [0, 0.1) is 11.3 Å². The lowest BCUT2D eigenvalue weighted by atomic mass is 10.0. The Morgan fingerprint density at radius 2 is 1.95 bits per heavy atom. The molecule has 0 fully saturated rings. The first-order valence-electron chi connectivity index (χ1n) is 6.81. The molecule has 108 valence electrons. The average molecular weight is 273 g/mol. The van der Waals surface area contributed by atoms with Crippen molar-refractivity contribution in [2.75, 3.05) is 0 Å². The second-order valence-electron chi connectivity index (χ2n) is 6.09. The van der Waals surface area contributed by atoms with Crippen molar-refractivity contribution in [2.45, 2.75) is 52.2 Å². The summed E-state index contributed by atoms with van der Waals surface area (Å²) in [5.74, 6) is -0.0270. The second kappa shape index (κ2) is 6.53. The lowest BCUT2D eigenvalue weighted by Crippen LogP contribution is -2.49. The Kier molecular flexibility index (Phi) is 5.29. The van der Waals surface area contributed by atoms with Crippen LogP contribution in [-0.4, -0.2) is 17.5 Å². The van der Waals surface area contributed by atoms with Crippen molar-refractivity contribution in [2.24, 2.45) is 0 Å². The van der Waals surface area contributed by atoms with Crippen molar-refractivity contribution in [3.05, 3.63) is 35.4 Å². The quantitative estimate of drug-likeness (QED) is 0.886. The van der Waals surface area contributed by atoms with Gasteiger partial charge < -0.3 is 5.32 Å². The van der Waals surface area contributed by atoms with Gasteiger partial charge in [-0.25, -0.2) is 0 Å².